The summed E-state index contributed by atoms with van der Waals surface area (Å²) in [7, 11) is 1.99. The smallest absolute Gasteiger partial charge is 0.355 e. The number of aryl methyl sites for hydroxylation is 1. The van der Waals surface area contributed by atoms with Gasteiger partial charge in [0, 0.05) is 5.69 Å². The third-order valence-corrected chi connectivity index (χ3v) is 3.28. The van der Waals surface area contributed by atoms with Crippen LogP contribution in [0.15, 0.2) is 29.4 Å². The lowest BCUT2D eigenvalue weighted by Gasteiger charge is -2.14. The second kappa shape index (κ2) is 9.97. The summed E-state index contributed by atoms with van der Waals surface area (Å²) in [4.78, 5) is 48.8. The van der Waals surface area contributed by atoms with Crippen LogP contribution in [0, 0.1) is 12.8 Å². The van der Waals surface area contributed by atoms with E-state index in [0.717, 1.165) is 19.8 Å². The standard InChI is InChI=1S/C16H18N4O6S/c1-8-4-6-9(7-5-8)18-13(22)12(21)10(14(23)25-2)11(15(24)26-3)19-20-16(17)27/h4-7,10H,1-3H3,(H,18,22)(H3,17,20,27)/b19-11-/t10-/m0/s1. The number of Topliss-reactive ketones (excluding diaryl/α,β-unsaturated/α-hetero) is 1. The van der Waals surface area contributed by atoms with Crippen molar-refractivity contribution in [3.63, 3.8) is 0 Å². The molecular weight excluding hydrogens is 376 g/mol. The van der Waals surface area contributed by atoms with Crippen LogP contribution in [0.25, 0.3) is 0 Å². The summed E-state index contributed by atoms with van der Waals surface area (Å²) in [6.45, 7) is 1.85. The molecule has 144 valence electrons. The Morgan fingerprint density at radius 2 is 1.70 bits per heavy atom. The van der Waals surface area contributed by atoms with Crippen LogP contribution in [0.3, 0.4) is 0 Å². The van der Waals surface area contributed by atoms with E-state index in [0.29, 0.717) is 5.69 Å². The number of amides is 1. The molecule has 0 aliphatic heterocycles. The lowest BCUT2D eigenvalue weighted by Crippen LogP contribution is -2.44. The fourth-order valence-corrected chi connectivity index (χ4v) is 1.91. The normalized spacial score (nSPS) is 11.7. The largest absolute Gasteiger partial charge is 0.468 e. The van der Waals surface area contributed by atoms with Crippen LogP contribution in [0.5, 0.6) is 0 Å². The van der Waals surface area contributed by atoms with Crippen molar-refractivity contribution >= 4 is 52.4 Å². The molecule has 11 heteroatoms. The minimum absolute atomic E-state index is 0.320. The van der Waals surface area contributed by atoms with Gasteiger partial charge in [0.2, 0.25) is 5.78 Å². The van der Waals surface area contributed by atoms with E-state index in [1.54, 1.807) is 24.3 Å². The number of rotatable bonds is 7. The summed E-state index contributed by atoms with van der Waals surface area (Å²) in [5.41, 5.74) is 7.82. The first-order chi connectivity index (χ1) is 12.7. The number of carbonyl (C=O) groups is 4. The van der Waals surface area contributed by atoms with Crippen LogP contribution in [-0.4, -0.2) is 48.7 Å². The zero-order valence-electron chi connectivity index (χ0n) is 14.8. The number of ether oxygens (including phenoxy) is 2. The number of ketones is 1. The highest BCUT2D eigenvalue weighted by Crippen LogP contribution is 2.12. The van der Waals surface area contributed by atoms with E-state index in [-0.39, 0.29) is 5.11 Å². The summed E-state index contributed by atoms with van der Waals surface area (Å²) in [6.07, 6.45) is 0. The molecule has 1 aromatic carbocycles. The Labute approximate surface area is 160 Å². The van der Waals surface area contributed by atoms with Gasteiger partial charge in [-0.25, -0.2) is 4.79 Å². The van der Waals surface area contributed by atoms with Crippen molar-refractivity contribution in [1.29, 1.82) is 0 Å². The number of thiocarbonyl (C=S) groups is 1. The fraction of sp³-hybridized carbons (Fsp3) is 0.250. The minimum atomic E-state index is -1.98. The SMILES string of the molecule is COC(=O)/C(=N\NC(N)=S)[C@H](C(=O)OC)C(=O)C(=O)Nc1ccc(C)cc1. The molecule has 0 saturated carbocycles. The molecule has 1 amide bonds. The van der Waals surface area contributed by atoms with Gasteiger partial charge < -0.3 is 20.5 Å². The molecule has 0 saturated heterocycles. The molecule has 0 aromatic heterocycles. The van der Waals surface area contributed by atoms with E-state index in [9.17, 15) is 19.2 Å². The second-order valence-electron chi connectivity index (χ2n) is 5.11. The molecule has 0 aliphatic carbocycles. The molecule has 10 nitrogen and oxygen atoms in total. The van der Waals surface area contributed by atoms with E-state index in [1.807, 2.05) is 6.92 Å². The maximum atomic E-state index is 12.5. The van der Waals surface area contributed by atoms with Crippen molar-refractivity contribution in [3.05, 3.63) is 29.8 Å². The number of anilines is 1. The number of hydrazone groups is 1. The highest BCUT2D eigenvalue weighted by atomic mass is 32.1. The lowest BCUT2D eigenvalue weighted by atomic mass is 9.97. The van der Waals surface area contributed by atoms with E-state index < -0.39 is 35.3 Å². The van der Waals surface area contributed by atoms with E-state index in [2.05, 4.69) is 37.5 Å². The zero-order valence-corrected chi connectivity index (χ0v) is 15.6. The van der Waals surface area contributed by atoms with Gasteiger partial charge in [0.15, 0.2) is 16.7 Å². The van der Waals surface area contributed by atoms with Gasteiger partial charge in [0.05, 0.1) is 14.2 Å². The highest BCUT2D eigenvalue weighted by molar-refractivity contribution is 7.80. The predicted molar refractivity (Wildman–Crippen MR) is 99.7 cm³/mol. The summed E-state index contributed by atoms with van der Waals surface area (Å²) < 4.78 is 9.01. The minimum Gasteiger partial charge on any atom is -0.468 e. The van der Waals surface area contributed by atoms with Gasteiger partial charge in [-0.15, -0.1) is 0 Å². The van der Waals surface area contributed by atoms with Gasteiger partial charge in [-0.1, -0.05) is 17.7 Å². The van der Waals surface area contributed by atoms with Crippen LogP contribution in [0.2, 0.25) is 0 Å². The van der Waals surface area contributed by atoms with E-state index in [1.165, 1.54) is 0 Å². The number of hydrogen-bond acceptors (Lipinski definition) is 8. The molecule has 27 heavy (non-hydrogen) atoms. The Bertz CT molecular complexity index is 791. The second-order valence-corrected chi connectivity index (χ2v) is 5.55. The maximum Gasteiger partial charge on any atom is 0.355 e. The van der Waals surface area contributed by atoms with Crippen LogP contribution >= 0.6 is 12.2 Å². The highest BCUT2D eigenvalue weighted by Gasteiger charge is 2.41. The number of methoxy groups -OCH3 is 2. The molecule has 0 heterocycles. The van der Waals surface area contributed by atoms with Crippen LogP contribution < -0.4 is 16.5 Å². The van der Waals surface area contributed by atoms with Gasteiger partial charge in [0.25, 0.3) is 5.91 Å². The van der Waals surface area contributed by atoms with E-state index >= 15 is 0 Å². The fourth-order valence-electron chi connectivity index (χ4n) is 1.87. The number of hydrogen-bond donors (Lipinski definition) is 3. The Morgan fingerprint density at radius 1 is 1.11 bits per heavy atom. The van der Waals surface area contributed by atoms with Gasteiger partial charge in [-0.2, -0.15) is 5.10 Å². The molecule has 4 N–H and O–H groups in total. The van der Waals surface area contributed by atoms with Crippen molar-refractivity contribution in [2.24, 2.45) is 16.8 Å². The van der Waals surface area contributed by atoms with Crippen LogP contribution in [-0.2, 0) is 28.7 Å². The summed E-state index contributed by atoms with van der Waals surface area (Å²) in [5, 5.41) is 5.50. The number of esters is 2. The van der Waals surface area contributed by atoms with Gasteiger partial charge >= 0.3 is 11.9 Å². The first kappa shape index (κ1) is 21.7. The molecule has 0 fully saturated rings. The molecule has 0 spiro atoms. The maximum absolute atomic E-state index is 12.5. The first-order valence-corrected chi connectivity index (χ1v) is 7.83. The third-order valence-electron chi connectivity index (χ3n) is 3.19. The molecule has 0 unspecified atom stereocenters. The zero-order chi connectivity index (χ0) is 20.6. The molecule has 0 aliphatic rings. The Hall–Kier alpha value is -3.34. The van der Waals surface area contributed by atoms with Crippen molar-refractivity contribution in [1.82, 2.24) is 5.43 Å². The summed E-state index contributed by atoms with van der Waals surface area (Å²) in [6, 6.07) is 6.56. The summed E-state index contributed by atoms with van der Waals surface area (Å²) >= 11 is 4.56. The van der Waals surface area contributed by atoms with Crippen molar-refractivity contribution in [2.75, 3.05) is 19.5 Å². The molecule has 1 atom stereocenters. The Balaban J connectivity index is 3.20. The molecule has 0 radical (unpaired) electrons. The topological polar surface area (TPSA) is 149 Å². The monoisotopic (exact) mass is 394 g/mol. The summed E-state index contributed by atoms with van der Waals surface area (Å²) in [5.74, 6) is -6.74. The number of carbonyl (C=O) groups excluding carboxylic acids is 4. The van der Waals surface area contributed by atoms with Crippen molar-refractivity contribution < 1.29 is 28.7 Å². The number of benzene rings is 1. The van der Waals surface area contributed by atoms with Gasteiger partial charge in [-0.05, 0) is 31.3 Å². The molecular formula is C16H18N4O6S. The van der Waals surface area contributed by atoms with Crippen molar-refractivity contribution in [3.8, 4) is 0 Å². The van der Waals surface area contributed by atoms with E-state index in [4.69, 9.17) is 5.73 Å². The molecule has 0 bridgehead atoms. The number of nitrogens with zero attached hydrogens (tertiary/aromatic N) is 1. The van der Waals surface area contributed by atoms with Crippen LogP contribution in [0.4, 0.5) is 5.69 Å². The molecule has 1 rings (SSSR count). The molecule has 1 aromatic rings. The first-order valence-electron chi connectivity index (χ1n) is 7.42. The predicted octanol–water partition coefficient (Wildman–Crippen LogP) is -0.346. The Kier molecular flexibility index (Phi) is 8.01. The van der Waals surface area contributed by atoms with Gasteiger partial charge in [-0.3, -0.25) is 19.8 Å². The number of nitrogens with two attached hydrogens (primary N) is 1. The van der Waals surface area contributed by atoms with Gasteiger partial charge in [0.1, 0.15) is 0 Å². The third kappa shape index (κ3) is 6.15. The quantitative estimate of drug-likeness (QED) is 0.141. The van der Waals surface area contributed by atoms with Crippen molar-refractivity contribution in [2.45, 2.75) is 6.92 Å². The Morgan fingerprint density at radius 3 is 2.19 bits per heavy atom. The average molecular weight is 394 g/mol. The lowest BCUT2D eigenvalue weighted by molar-refractivity contribution is -0.150. The van der Waals surface area contributed by atoms with Crippen LogP contribution in [0.1, 0.15) is 5.56 Å². The number of nitrogens with one attached hydrogen (secondary N) is 2. The average Bonchev–Trinajstić information content (AvgIpc) is 2.64.